The van der Waals surface area contributed by atoms with Gasteiger partial charge in [0.15, 0.2) is 11.6 Å². The van der Waals surface area contributed by atoms with Crippen LogP contribution in [0.15, 0.2) is 58.3 Å². The number of anilines is 2. The maximum absolute atomic E-state index is 16.3. The number of carboxylic acids is 1. The molecule has 2 aromatic heterocycles. The quantitative estimate of drug-likeness (QED) is 0.0321. The van der Waals surface area contributed by atoms with Gasteiger partial charge in [0.05, 0.1) is 77.0 Å². The lowest BCUT2D eigenvalue weighted by molar-refractivity contribution is -0.146. The number of nitrogens with zero attached hydrogens (tertiary/aromatic N) is 5. The topological polar surface area (TPSA) is 282 Å². The van der Waals surface area contributed by atoms with Crippen molar-refractivity contribution in [3.8, 4) is 23.0 Å². The molecule has 7 heterocycles. The van der Waals surface area contributed by atoms with E-state index in [1.54, 1.807) is 39.0 Å². The number of carbonyl (C=O) groups excluding carboxylic acids is 3. The highest BCUT2D eigenvalue weighted by atomic mass is 19.1. The molecule has 0 unspecified atom stereocenters. The van der Waals surface area contributed by atoms with E-state index in [0.717, 1.165) is 43.9 Å². The number of phenols is 3. The number of rotatable bonds is 11. The lowest BCUT2D eigenvalue weighted by Crippen LogP contribution is -2.50. The molecule has 22 heteroatoms. The van der Waals surface area contributed by atoms with Gasteiger partial charge in [-0.25, -0.2) is 9.18 Å². The van der Waals surface area contributed by atoms with Crippen molar-refractivity contribution in [2.24, 2.45) is 40.6 Å². The zero-order valence-electron chi connectivity index (χ0n) is 51.9. The highest BCUT2D eigenvalue weighted by Gasteiger charge is 2.56. The molecule has 0 radical (unpaired) electrons. The smallest absolute Gasteiger partial charge is 0.341 e. The molecule has 0 spiro atoms. The number of piperidine rings is 1. The number of nitrogens with one attached hydrogen (secondary N) is 1. The number of Topliss-reactive ketones (excluding diaryl/α,β-unsaturated/α-hetero) is 1. The Morgan fingerprint density at radius 1 is 0.909 bits per heavy atom. The first-order valence-electron chi connectivity index (χ1n) is 30.6. The molecule has 2 aromatic carbocycles. The number of phenolic OH excluding ortho intramolecular Hbond substituents is 3. The number of benzene rings is 2. The van der Waals surface area contributed by atoms with Crippen LogP contribution in [0.3, 0.4) is 0 Å². The number of hydrogen-bond acceptors (Lipinski definition) is 18. The maximum Gasteiger partial charge on any atom is 0.341 e. The molecule has 88 heavy (non-hydrogen) atoms. The standard InChI is InChI=1S/C66H83FN6O15/c1-32-13-12-14-33(2)62(81)69-52-45(28-68-72-24-18-42(19-25-72)70(10)66(21-22-66)41-17-23-71(29-41)54-36(5)53-43(40-15-16-40)27-44(64(83)84)63(82)73(53)30-47(54)67)58(78)49-50(59(52)79)57(77)38(7)60-51(49)61(80)65(9,88-60)87-26-20-48(85-11)34(3)46(31-86-39(8)74)35(4)56(76)37(6)55(32)75/h12-14,20,26-28,30,32,34-35,37,40-42,46,48,55-56,75-79H,15-19,21-25,29,31H2,1-11H3,(H,69,81)(H,83,84)/b13-12+,26-20+,33-14-,68-28+/t32-,34-,35-,37+,41+,46+,48-,55-,56-,65-/m0/s1. The summed E-state index contributed by atoms with van der Waals surface area (Å²) in [4.78, 5) is 71.1. The Balaban J connectivity index is 0.931. The predicted octanol–water partition coefficient (Wildman–Crippen LogP) is 8.43. The van der Waals surface area contributed by atoms with Crippen molar-refractivity contribution in [2.75, 3.05) is 57.2 Å². The number of hydrogen-bond donors (Lipinski definition) is 7. The molecule has 1 amide bonds. The summed E-state index contributed by atoms with van der Waals surface area (Å²) < 4.78 is 41.3. The first kappa shape index (κ1) is 63.5. The maximum atomic E-state index is 16.3. The number of ketones is 1. The van der Waals surface area contributed by atoms with Gasteiger partial charge in [0.25, 0.3) is 17.2 Å². The third-order valence-corrected chi connectivity index (χ3v) is 20.3. The van der Waals surface area contributed by atoms with E-state index >= 15 is 4.39 Å². The molecule has 2 saturated carbocycles. The molecule has 2 aliphatic carbocycles. The molecule has 4 fully saturated rings. The summed E-state index contributed by atoms with van der Waals surface area (Å²) in [5, 5.41) is 78.7. The fourth-order valence-corrected chi connectivity index (χ4v) is 14.4. The third-order valence-electron chi connectivity index (χ3n) is 20.3. The number of aromatic hydroxyl groups is 3. The Bertz CT molecular complexity index is 3660. The van der Waals surface area contributed by atoms with Crippen molar-refractivity contribution < 1.29 is 73.2 Å². The summed E-state index contributed by atoms with van der Waals surface area (Å²) >= 11 is 0. The minimum absolute atomic E-state index is 0.0299. The SMILES string of the molecule is CO[C@H]1/C=C/O[C@@]2(C)Oc3c(C)c(O)c4c(O)c(c(/C=N/N5CCC(N(C)C6([C@@H]7CCN(c8c(F)cn9c(=O)c(C(=O)O)cc(C%10CC%10)c9c8C)C7)CC6)CC5)c(O)c4c3C2=O)NC(=O)/C(C)=C\C=C\[C@H](C)[C@H](O)[C@@H](C)[C@@H](O)[C@@H](C)[C@H](COC(C)=O)[C@@H]1C. The van der Waals surface area contributed by atoms with E-state index in [9.17, 15) is 54.6 Å². The molecule has 4 aromatic rings. The van der Waals surface area contributed by atoms with Crippen LogP contribution in [0.25, 0.3) is 16.3 Å². The fourth-order valence-electron chi connectivity index (χ4n) is 14.4. The van der Waals surface area contributed by atoms with Crippen molar-refractivity contribution in [1.29, 1.82) is 0 Å². The van der Waals surface area contributed by atoms with Gasteiger partial charge in [0.2, 0.25) is 0 Å². The number of carbonyl (C=O) groups is 4. The summed E-state index contributed by atoms with van der Waals surface area (Å²) in [7, 11) is 3.62. The summed E-state index contributed by atoms with van der Waals surface area (Å²) in [5.74, 6) is -10.4. The van der Waals surface area contributed by atoms with E-state index in [1.165, 1.54) is 63.8 Å². The van der Waals surface area contributed by atoms with Crippen LogP contribution < -0.4 is 20.5 Å². The molecule has 5 bridgehead atoms. The molecule has 474 valence electrons. The molecule has 11 rings (SSSR count). The first-order chi connectivity index (χ1) is 41.7. The van der Waals surface area contributed by atoms with Gasteiger partial charge < -0.3 is 59.8 Å². The minimum Gasteiger partial charge on any atom is -0.507 e. The average molecular weight is 1220 g/mol. The second-order valence-corrected chi connectivity index (χ2v) is 25.7. The van der Waals surface area contributed by atoms with Crippen LogP contribution in [-0.2, 0) is 23.8 Å². The molecule has 10 atom stereocenters. The van der Waals surface area contributed by atoms with Crippen LogP contribution in [0.1, 0.15) is 142 Å². The number of amides is 1. The van der Waals surface area contributed by atoms with Crippen LogP contribution in [0.5, 0.6) is 23.0 Å². The van der Waals surface area contributed by atoms with E-state index in [4.69, 9.17) is 24.0 Å². The number of aromatic carboxylic acids is 1. The number of fused-ring (bicyclic) bond motifs is 15. The fraction of sp³-hybridized carbons (Fsp3) is 0.545. The molecule has 21 nitrogen and oxygen atoms in total. The number of esters is 1. The van der Waals surface area contributed by atoms with Gasteiger partial charge in [-0.1, -0.05) is 45.9 Å². The van der Waals surface area contributed by atoms with Crippen LogP contribution in [0.2, 0.25) is 0 Å². The molecule has 7 aliphatic rings. The second-order valence-electron chi connectivity index (χ2n) is 25.7. The van der Waals surface area contributed by atoms with Crippen molar-refractivity contribution >= 4 is 57.5 Å². The highest BCUT2D eigenvalue weighted by molar-refractivity contribution is 6.24. The number of aromatic nitrogens is 1. The zero-order valence-corrected chi connectivity index (χ0v) is 51.9. The number of carboxylic acid groups (broad SMARTS) is 1. The summed E-state index contributed by atoms with van der Waals surface area (Å²) in [6.07, 6.45) is 13.0. The summed E-state index contributed by atoms with van der Waals surface area (Å²) in [5.41, 5.74) is 0.636. The Labute approximate surface area is 510 Å². The minimum atomic E-state index is -2.09. The number of pyridine rings is 2. The van der Waals surface area contributed by atoms with Gasteiger partial charge in [0, 0.05) is 93.0 Å². The Hall–Kier alpha value is -7.53. The number of allylic oxidation sites excluding steroid dienone is 2. The summed E-state index contributed by atoms with van der Waals surface area (Å²) in [6.45, 7) is 16.7. The lowest BCUT2D eigenvalue weighted by atomic mass is 9.73. The van der Waals surface area contributed by atoms with Gasteiger partial charge in [-0.3, -0.25) is 33.5 Å². The zero-order chi connectivity index (χ0) is 63.7. The van der Waals surface area contributed by atoms with Crippen LogP contribution in [0, 0.1) is 55.2 Å². The van der Waals surface area contributed by atoms with Crippen molar-refractivity contribution in [3.63, 3.8) is 0 Å². The molecule has 7 N–H and O–H groups in total. The van der Waals surface area contributed by atoms with Gasteiger partial charge in [-0.05, 0) is 120 Å². The average Bonchev–Trinajstić information content (AvgIpc) is 1.45. The number of hydrazone groups is 1. The Morgan fingerprint density at radius 3 is 2.24 bits per heavy atom. The molecular formula is C66H83FN6O15. The van der Waals surface area contributed by atoms with Crippen LogP contribution >= 0.6 is 0 Å². The van der Waals surface area contributed by atoms with Crippen molar-refractivity contribution in [1.82, 2.24) is 14.3 Å². The van der Waals surface area contributed by atoms with E-state index in [1.807, 2.05) is 18.9 Å². The van der Waals surface area contributed by atoms with Crippen molar-refractivity contribution in [3.05, 3.63) is 98.0 Å². The van der Waals surface area contributed by atoms with Gasteiger partial charge in [0.1, 0.15) is 22.8 Å². The second kappa shape index (κ2) is 24.5. The number of ether oxygens (including phenoxy) is 4. The third kappa shape index (κ3) is 11.4. The summed E-state index contributed by atoms with van der Waals surface area (Å²) in [6, 6.07) is 1.63. The van der Waals surface area contributed by atoms with Crippen LogP contribution in [-0.4, -0.2) is 157 Å². The predicted molar refractivity (Wildman–Crippen MR) is 328 cm³/mol. The molecule has 2 saturated heterocycles. The van der Waals surface area contributed by atoms with E-state index < -0.39 is 106 Å². The number of halogens is 1. The number of aliphatic hydroxyl groups is 2. The van der Waals surface area contributed by atoms with Gasteiger partial charge >= 0.3 is 17.7 Å². The van der Waals surface area contributed by atoms with E-state index in [2.05, 4.69) is 22.2 Å². The Kier molecular flexibility index (Phi) is 17.6. The van der Waals surface area contributed by atoms with Crippen LogP contribution in [0.4, 0.5) is 15.8 Å². The van der Waals surface area contributed by atoms with Gasteiger partial charge in [-0.15, -0.1) is 0 Å². The van der Waals surface area contributed by atoms with Gasteiger partial charge in [-0.2, -0.15) is 5.10 Å². The lowest BCUT2D eigenvalue weighted by Gasteiger charge is -2.42. The molecule has 5 aliphatic heterocycles. The first-order valence-corrected chi connectivity index (χ1v) is 30.6. The number of aliphatic hydroxyl groups excluding tert-OH is 2. The van der Waals surface area contributed by atoms with E-state index in [0.29, 0.717) is 55.8 Å². The highest BCUT2D eigenvalue weighted by Crippen LogP contribution is 2.56. The largest absolute Gasteiger partial charge is 0.507 e. The monoisotopic (exact) mass is 1220 g/mol. The normalized spacial score (nSPS) is 29.4. The number of aryl methyl sites for hydroxylation is 1. The van der Waals surface area contributed by atoms with Crippen molar-refractivity contribution in [2.45, 2.75) is 149 Å². The Morgan fingerprint density at radius 2 is 1.60 bits per heavy atom. The number of methoxy groups -OCH3 is 1. The van der Waals surface area contributed by atoms with E-state index in [-0.39, 0.29) is 80.1 Å². The molecular weight excluding hydrogens is 1140 g/mol.